The fourth-order valence-corrected chi connectivity index (χ4v) is 4.11. The highest BCUT2D eigenvalue weighted by Crippen LogP contribution is 2.32. The van der Waals surface area contributed by atoms with E-state index >= 15 is 0 Å². The quantitative estimate of drug-likeness (QED) is 0.753. The number of unbranched alkanes of at least 4 members (excludes halogenated alkanes) is 1. The van der Waals surface area contributed by atoms with Crippen LogP contribution in [0.3, 0.4) is 0 Å². The maximum Gasteiger partial charge on any atom is 0.276 e. The van der Waals surface area contributed by atoms with Gasteiger partial charge in [-0.15, -0.1) is 5.10 Å². The molecule has 0 fully saturated rings. The Morgan fingerprint density at radius 1 is 1.31 bits per heavy atom. The molecule has 1 N–H and O–H groups in total. The first kappa shape index (κ1) is 17.4. The summed E-state index contributed by atoms with van der Waals surface area (Å²) in [6.07, 6.45) is 1.65. The van der Waals surface area contributed by atoms with Crippen molar-refractivity contribution in [3.8, 4) is 0 Å². The van der Waals surface area contributed by atoms with Gasteiger partial charge in [-0.3, -0.25) is 10.1 Å². The SMILES string of the molecule is CCCCSC1=NN2C(=c3ccccc3=N[C@@H]2c2ccc(Br)o2)C(=O)N1. The van der Waals surface area contributed by atoms with Crippen molar-refractivity contribution in [2.45, 2.75) is 25.9 Å². The second kappa shape index (κ2) is 7.28. The molecule has 26 heavy (non-hydrogen) atoms. The second-order valence-corrected chi connectivity index (χ2v) is 7.78. The van der Waals surface area contributed by atoms with Gasteiger partial charge in [0.2, 0.25) is 6.17 Å². The highest BCUT2D eigenvalue weighted by atomic mass is 79.9. The minimum absolute atomic E-state index is 0.169. The van der Waals surface area contributed by atoms with E-state index in [0.29, 0.717) is 21.3 Å². The van der Waals surface area contributed by atoms with Crippen LogP contribution in [0.15, 0.2) is 55.6 Å². The third-order valence-electron chi connectivity index (χ3n) is 4.10. The van der Waals surface area contributed by atoms with Gasteiger partial charge < -0.3 is 4.42 Å². The summed E-state index contributed by atoms with van der Waals surface area (Å²) >= 11 is 4.88. The Bertz CT molecular complexity index is 1000. The fraction of sp³-hybridized carbons (Fsp3) is 0.278. The summed E-state index contributed by atoms with van der Waals surface area (Å²) < 4.78 is 6.33. The van der Waals surface area contributed by atoms with Crippen LogP contribution in [-0.4, -0.2) is 21.8 Å². The molecular formula is C18H17BrN4O2S. The first-order valence-corrected chi connectivity index (χ1v) is 10.2. The molecule has 1 aromatic carbocycles. The largest absolute Gasteiger partial charge is 0.450 e. The number of carbonyl (C=O) groups excluding carboxylic acids is 1. The number of rotatable bonds is 4. The number of hydrazone groups is 1. The van der Waals surface area contributed by atoms with Crippen molar-refractivity contribution in [1.29, 1.82) is 0 Å². The third kappa shape index (κ3) is 3.19. The van der Waals surface area contributed by atoms with Gasteiger partial charge in [0, 0.05) is 11.0 Å². The van der Waals surface area contributed by atoms with E-state index in [1.165, 1.54) is 0 Å². The van der Waals surface area contributed by atoms with Gasteiger partial charge in [-0.1, -0.05) is 43.3 Å². The predicted molar refractivity (Wildman–Crippen MR) is 105 cm³/mol. The zero-order chi connectivity index (χ0) is 18.1. The van der Waals surface area contributed by atoms with Crippen molar-refractivity contribution < 1.29 is 9.21 Å². The van der Waals surface area contributed by atoms with Crippen molar-refractivity contribution in [3.05, 3.63) is 57.4 Å². The summed E-state index contributed by atoms with van der Waals surface area (Å²) in [4.78, 5) is 17.6. The van der Waals surface area contributed by atoms with Gasteiger partial charge in [0.1, 0.15) is 5.70 Å². The number of fused-ring (bicyclic) bond motifs is 2. The van der Waals surface area contributed by atoms with Crippen LogP contribution in [0.4, 0.5) is 0 Å². The smallest absolute Gasteiger partial charge is 0.276 e. The highest BCUT2D eigenvalue weighted by Gasteiger charge is 2.35. The van der Waals surface area contributed by atoms with Crippen molar-refractivity contribution in [1.82, 2.24) is 10.3 Å². The Morgan fingerprint density at radius 3 is 2.92 bits per heavy atom. The molecule has 0 saturated heterocycles. The van der Waals surface area contributed by atoms with Crippen LogP contribution >= 0.6 is 27.7 Å². The standard InChI is InChI=1S/C18H17BrN4O2S/c1-2-3-10-26-18-21-17(24)15-11-6-4-5-7-12(11)20-16(23(15)22-18)13-8-9-14(19)25-13/h4-9,16H,2-3,10H2,1H3,(H,21,22,24)/t16-/m0/s1. The number of halogens is 1. The fourth-order valence-electron chi connectivity index (χ4n) is 2.86. The normalized spacial score (nSPS) is 18.6. The van der Waals surface area contributed by atoms with Crippen molar-refractivity contribution in [3.63, 3.8) is 0 Å². The van der Waals surface area contributed by atoms with E-state index in [2.05, 4.69) is 33.3 Å². The first-order chi connectivity index (χ1) is 12.7. The van der Waals surface area contributed by atoms with E-state index in [9.17, 15) is 4.79 Å². The molecule has 2 aromatic rings. The van der Waals surface area contributed by atoms with Crippen LogP contribution in [0.1, 0.15) is 31.7 Å². The van der Waals surface area contributed by atoms with Gasteiger partial charge >= 0.3 is 0 Å². The van der Waals surface area contributed by atoms with E-state index in [0.717, 1.165) is 29.2 Å². The summed E-state index contributed by atoms with van der Waals surface area (Å²) in [5, 5.41) is 11.4. The molecule has 4 rings (SSSR count). The van der Waals surface area contributed by atoms with Crippen molar-refractivity contribution >= 4 is 44.5 Å². The number of thioether (sulfide) groups is 1. The van der Waals surface area contributed by atoms with Crippen LogP contribution in [0, 0.1) is 0 Å². The Hall–Kier alpha value is -2.06. The molecule has 0 radical (unpaired) electrons. The Morgan fingerprint density at radius 2 is 2.15 bits per heavy atom. The van der Waals surface area contributed by atoms with Gasteiger partial charge in [-0.2, -0.15) is 0 Å². The lowest BCUT2D eigenvalue weighted by Gasteiger charge is -2.32. The van der Waals surface area contributed by atoms with Crippen molar-refractivity contribution in [2.24, 2.45) is 10.1 Å². The lowest BCUT2D eigenvalue weighted by Crippen LogP contribution is -2.50. The van der Waals surface area contributed by atoms with Gasteiger partial charge in [-0.05, 0) is 40.5 Å². The molecule has 2 aliphatic heterocycles. The average molecular weight is 433 g/mol. The van der Waals surface area contributed by atoms with E-state index in [1.807, 2.05) is 36.4 Å². The molecule has 0 spiro atoms. The Balaban J connectivity index is 1.83. The molecule has 2 aliphatic rings. The number of hydrogen-bond donors (Lipinski definition) is 1. The predicted octanol–water partition coefficient (Wildman–Crippen LogP) is 2.72. The third-order valence-corrected chi connectivity index (χ3v) is 5.48. The number of furan rings is 1. The minimum atomic E-state index is -0.515. The lowest BCUT2D eigenvalue weighted by molar-refractivity contribution is -0.116. The van der Waals surface area contributed by atoms with E-state index in [1.54, 1.807) is 16.8 Å². The molecule has 0 bridgehead atoms. The summed E-state index contributed by atoms with van der Waals surface area (Å²) in [6.45, 7) is 2.14. The van der Waals surface area contributed by atoms with Crippen LogP contribution in [0.5, 0.6) is 0 Å². The summed E-state index contributed by atoms with van der Waals surface area (Å²) in [7, 11) is 0. The Labute approximate surface area is 163 Å². The van der Waals surface area contributed by atoms with Crippen LogP contribution < -0.4 is 15.9 Å². The Kier molecular flexibility index (Phi) is 4.86. The van der Waals surface area contributed by atoms with Crippen LogP contribution in [0.25, 0.3) is 5.70 Å². The average Bonchev–Trinajstić information content (AvgIpc) is 3.07. The molecule has 0 saturated carbocycles. The van der Waals surface area contributed by atoms with Gasteiger partial charge in [0.05, 0.1) is 5.36 Å². The van der Waals surface area contributed by atoms with Crippen molar-refractivity contribution in [2.75, 3.05) is 5.75 Å². The van der Waals surface area contributed by atoms with Gasteiger partial charge in [0.15, 0.2) is 15.6 Å². The molecule has 1 aromatic heterocycles. The molecule has 3 heterocycles. The topological polar surface area (TPSA) is 70.2 Å². The van der Waals surface area contributed by atoms with E-state index in [4.69, 9.17) is 9.41 Å². The number of nitrogens with one attached hydrogen (secondary N) is 1. The molecule has 0 unspecified atom stereocenters. The number of amidine groups is 1. The number of benzene rings is 1. The molecular weight excluding hydrogens is 416 g/mol. The summed E-state index contributed by atoms with van der Waals surface area (Å²) in [5.74, 6) is 1.36. The summed E-state index contributed by atoms with van der Waals surface area (Å²) in [6, 6.07) is 11.2. The maximum atomic E-state index is 12.9. The zero-order valence-corrected chi connectivity index (χ0v) is 16.5. The number of hydrogen-bond acceptors (Lipinski definition) is 6. The summed E-state index contributed by atoms with van der Waals surface area (Å²) in [5.41, 5.74) is 0.493. The van der Waals surface area contributed by atoms with E-state index in [-0.39, 0.29) is 5.91 Å². The zero-order valence-electron chi connectivity index (χ0n) is 14.1. The molecule has 0 aliphatic carbocycles. The number of para-hydroxylation sites is 1. The second-order valence-electron chi connectivity index (χ2n) is 5.92. The molecule has 8 heteroatoms. The lowest BCUT2D eigenvalue weighted by atomic mass is 10.1. The number of nitrogens with zero attached hydrogens (tertiary/aromatic N) is 3. The highest BCUT2D eigenvalue weighted by molar-refractivity contribution is 9.10. The molecule has 6 nitrogen and oxygen atoms in total. The van der Waals surface area contributed by atoms with Gasteiger partial charge in [0.25, 0.3) is 5.91 Å². The number of carbonyl (C=O) groups is 1. The molecule has 1 atom stereocenters. The van der Waals surface area contributed by atoms with Crippen LogP contribution in [-0.2, 0) is 4.79 Å². The maximum absolute atomic E-state index is 12.9. The van der Waals surface area contributed by atoms with Gasteiger partial charge in [-0.25, -0.2) is 10.0 Å². The molecule has 1 amide bonds. The molecule has 134 valence electrons. The van der Waals surface area contributed by atoms with Crippen LogP contribution in [0.2, 0.25) is 0 Å². The number of amides is 1. The monoisotopic (exact) mass is 432 g/mol. The minimum Gasteiger partial charge on any atom is -0.450 e. The van der Waals surface area contributed by atoms with E-state index < -0.39 is 6.17 Å². The first-order valence-electron chi connectivity index (χ1n) is 8.42.